The third-order valence-corrected chi connectivity index (χ3v) is 3.00. The third-order valence-electron chi connectivity index (χ3n) is 3.00. The maximum atomic E-state index is 13.7. The first kappa shape index (κ1) is 14.0. The van der Waals surface area contributed by atoms with Crippen LogP contribution in [0.5, 0.6) is 0 Å². The van der Waals surface area contributed by atoms with Gasteiger partial charge in [-0.25, -0.2) is 4.39 Å². The molecule has 0 aromatic heterocycles. The number of anilines is 1. The van der Waals surface area contributed by atoms with Crippen LogP contribution in [0.1, 0.15) is 27.2 Å². The Balaban J connectivity index is 2.74. The zero-order chi connectivity index (χ0) is 12.7. The first-order valence-electron chi connectivity index (χ1n) is 6.45. The number of hydrogen-bond donors (Lipinski definition) is 1. The van der Waals surface area contributed by atoms with E-state index in [-0.39, 0.29) is 5.82 Å². The summed E-state index contributed by atoms with van der Waals surface area (Å²) >= 11 is 0. The summed E-state index contributed by atoms with van der Waals surface area (Å²) in [6.07, 6.45) is 1.05. The minimum atomic E-state index is -0.138. The fourth-order valence-corrected chi connectivity index (χ4v) is 2.00. The molecule has 0 fully saturated rings. The monoisotopic (exact) mass is 238 g/mol. The van der Waals surface area contributed by atoms with Crippen LogP contribution in [0.3, 0.4) is 0 Å². The van der Waals surface area contributed by atoms with Crippen molar-refractivity contribution in [1.29, 1.82) is 0 Å². The van der Waals surface area contributed by atoms with E-state index in [2.05, 4.69) is 31.0 Å². The Morgan fingerprint density at radius 3 is 2.47 bits per heavy atom. The molecule has 1 atom stereocenters. The molecule has 0 radical (unpaired) electrons. The lowest BCUT2D eigenvalue weighted by atomic mass is 10.2. The van der Waals surface area contributed by atoms with Gasteiger partial charge in [0.25, 0.3) is 0 Å². The standard InChI is InChI=1S/C14H23FN2/c1-4-12(16-5-2)11-17(6-3)14-10-8-7-9-13(14)15/h7-10,12,16H,4-6,11H2,1-3H3. The average molecular weight is 238 g/mol. The number of benzene rings is 1. The van der Waals surface area contributed by atoms with Gasteiger partial charge in [-0.15, -0.1) is 0 Å². The van der Waals surface area contributed by atoms with Crippen molar-refractivity contribution in [3.05, 3.63) is 30.1 Å². The molecule has 3 heteroatoms. The van der Waals surface area contributed by atoms with Gasteiger partial charge in [0.2, 0.25) is 0 Å². The summed E-state index contributed by atoms with van der Waals surface area (Å²) in [5, 5.41) is 3.42. The SMILES string of the molecule is CCNC(CC)CN(CC)c1ccccc1F. The fourth-order valence-electron chi connectivity index (χ4n) is 2.00. The Hall–Kier alpha value is -1.09. The molecule has 0 aliphatic carbocycles. The summed E-state index contributed by atoms with van der Waals surface area (Å²) in [6.45, 7) is 8.94. The van der Waals surface area contributed by atoms with Gasteiger partial charge in [0.05, 0.1) is 5.69 Å². The van der Waals surface area contributed by atoms with E-state index in [1.165, 1.54) is 6.07 Å². The predicted octanol–water partition coefficient (Wildman–Crippen LogP) is 3.04. The molecule has 0 aliphatic rings. The van der Waals surface area contributed by atoms with Crippen molar-refractivity contribution in [2.45, 2.75) is 33.2 Å². The van der Waals surface area contributed by atoms with Gasteiger partial charge in [-0.05, 0) is 32.0 Å². The van der Waals surface area contributed by atoms with Gasteiger partial charge in [-0.2, -0.15) is 0 Å². The fraction of sp³-hybridized carbons (Fsp3) is 0.571. The molecule has 2 nitrogen and oxygen atoms in total. The minimum absolute atomic E-state index is 0.138. The molecule has 1 aromatic rings. The summed E-state index contributed by atoms with van der Waals surface area (Å²) in [6, 6.07) is 7.40. The Labute approximate surface area is 104 Å². The second-order valence-corrected chi connectivity index (χ2v) is 4.15. The molecular formula is C14H23FN2. The first-order chi connectivity index (χ1) is 8.22. The van der Waals surface area contributed by atoms with Crippen LogP contribution in [0.15, 0.2) is 24.3 Å². The average Bonchev–Trinajstić information content (AvgIpc) is 2.35. The summed E-state index contributed by atoms with van der Waals surface area (Å²) in [7, 11) is 0. The highest BCUT2D eigenvalue weighted by molar-refractivity contribution is 5.47. The normalized spacial score (nSPS) is 12.5. The molecule has 1 aromatic carbocycles. The van der Waals surface area contributed by atoms with E-state index in [4.69, 9.17) is 0 Å². The first-order valence-corrected chi connectivity index (χ1v) is 6.45. The van der Waals surface area contributed by atoms with Crippen molar-refractivity contribution in [1.82, 2.24) is 5.32 Å². The van der Waals surface area contributed by atoms with Gasteiger partial charge >= 0.3 is 0 Å². The molecule has 1 rings (SSSR count). The highest BCUT2D eigenvalue weighted by Crippen LogP contribution is 2.18. The lowest BCUT2D eigenvalue weighted by molar-refractivity contribution is 0.501. The maximum absolute atomic E-state index is 13.7. The molecule has 0 saturated carbocycles. The van der Waals surface area contributed by atoms with Gasteiger partial charge < -0.3 is 10.2 Å². The van der Waals surface area contributed by atoms with E-state index in [1.807, 2.05) is 12.1 Å². The van der Waals surface area contributed by atoms with Crippen molar-refractivity contribution in [2.24, 2.45) is 0 Å². The predicted molar refractivity (Wildman–Crippen MR) is 72.0 cm³/mol. The third kappa shape index (κ3) is 4.00. The summed E-state index contributed by atoms with van der Waals surface area (Å²) in [4.78, 5) is 2.09. The Morgan fingerprint density at radius 2 is 1.94 bits per heavy atom. The lowest BCUT2D eigenvalue weighted by Gasteiger charge is -2.28. The quantitative estimate of drug-likeness (QED) is 0.785. The highest BCUT2D eigenvalue weighted by atomic mass is 19.1. The number of para-hydroxylation sites is 1. The zero-order valence-corrected chi connectivity index (χ0v) is 11.0. The van der Waals surface area contributed by atoms with Gasteiger partial charge in [0.15, 0.2) is 0 Å². The van der Waals surface area contributed by atoms with E-state index < -0.39 is 0 Å². The summed E-state index contributed by atoms with van der Waals surface area (Å²) in [5.74, 6) is -0.138. The number of halogens is 1. The molecule has 0 aliphatic heterocycles. The van der Waals surface area contributed by atoms with E-state index >= 15 is 0 Å². The number of hydrogen-bond acceptors (Lipinski definition) is 2. The second-order valence-electron chi connectivity index (χ2n) is 4.15. The van der Waals surface area contributed by atoms with Crippen LogP contribution in [-0.4, -0.2) is 25.7 Å². The van der Waals surface area contributed by atoms with E-state index in [0.29, 0.717) is 11.7 Å². The molecule has 1 unspecified atom stereocenters. The molecule has 1 N–H and O–H groups in total. The van der Waals surface area contributed by atoms with E-state index in [0.717, 1.165) is 26.1 Å². The van der Waals surface area contributed by atoms with Crippen molar-refractivity contribution in [3.8, 4) is 0 Å². The van der Waals surface area contributed by atoms with Crippen LogP contribution in [0.2, 0.25) is 0 Å². The number of rotatable bonds is 7. The van der Waals surface area contributed by atoms with E-state index in [9.17, 15) is 4.39 Å². The topological polar surface area (TPSA) is 15.3 Å². The summed E-state index contributed by atoms with van der Waals surface area (Å²) in [5.41, 5.74) is 0.700. The van der Waals surface area contributed by atoms with Crippen molar-refractivity contribution in [3.63, 3.8) is 0 Å². The van der Waals surface area contributed by atoms with Crippen LogP contribution in [0.25, 0.3) is 0 Å². The second kappa shape index (κ2) is 7.28. The maximum Gasteiger partial charge on any atom is 0.146 e. The van der Waals surface area contributed by atoms with Crippen LogP contribution in [0.4, 0.5) is 10.1 Å². The van der Waals surface area contributed by atoms with Crippen molar-refractivity contribution < 1.29 is 4.39 Å². The minimum Gasteiger partial charge on any atom is -0.368 e. The molecule has 0 amide bonds. The molecular weight excluding hydrogens is 215 g/mol. The van der Waals surface area contributed by atoms with Gasteiger partial charge in [-0.1, -0.05) is 26.0 Å². The Morgan fingerprint density at radius 1 is 1.24 bits per heavy atom. The summed E-state index contributed by atoms with van der Waals surface area (Å²) < 4.78 is 13.7. The molecule has 0 bridgehead atoms. The van der Waals surface area contributed by atoms with Gasteiger partial charge in [-0.3, -0.25) is 0 Å². The number of likely N-dealkylation sites (N-methyl/N-ethyl adjacent to an activating group) is 2. The Bertz CT molecular complexity index is 328. The van der Waals surface area contributed by atoms with Gasteiger partial charge in [0, 0.05) is 19.1 Å². The Kier molecular flexibility index (Phi) is 5.98. The molecule has 0 heterocycles. The smallest absolute Gasteiger partial charge is 0.146 e. The zero-order valence-electron chi connectivity index (χ0n) is 11.0. The van der Waals surface area contributed by atoms with Crippen LogP contribution < -0.4 is 10.2 Å². The molecule has 0 saturated heterocycles. The van der Waals surface area contributed by atoms with Crippen LogP contribution in [-0.2, 0) is 0 Å². The van der Waals surface area contributed by atoms with E-state index in [1.54, 1.807) is 6.07 Å². The van der Waals surface area contributed by atoms with Crippen LogP contribution in [0, 0.1) is 5.82 Å². The lowest BCUT2D eigenvalue weighted by Crippen LogP contribution is -2.41. The number of nitrogens with zero attached hydrogens (tertiary/aromatic N) is 1. The largest absolute Gasteiger partial charge is 0.368 e. The van der Waals surface area contributed by atoms with Crippen molar-refractivity contribution >= 4 is 5.69 Å². The molecule has 96 valence electrons. The highest BCUT2D eigenvalue weighted by Gasteiger charge is 2.13. The van der Waals surface area contributed by atoms with Crippen molar-refractivity contribution in [2.75, 3.05) is 24.5 Å². The molecule has 0 spiro atoms. The molecule has 17 heavy (non-hydrogen) atoms. The van der Waals surface area contributed by atoms with Crippen LogP contribution >= 0.6 is 0 Å². The van der Waals surface area contributed by atoms with Gasteiger partial charge in [0.1, 0.15) is 5.82 Å². The number of nitrogens with one attached hydrogen (secondary N) is 1.